The van der Waals surface area contributed by atoms with Crippen LogP contribution in [0.2, 0.25) is 0 Å². The zero-order valence-corrected chi connectivity index (χ0v) is 18.7. The Kier molecular flexibility index (Phi) is 10.7. The van der Waals surface area contributed by atoms with E-state index in [2.05, 4.69) is 19.7 Å². The molecule has 9 heteroatoms. The number of esters is 3. The fraction of sp³-hybridized carbons (Fsp3) is 0.240. The van der Waals surface area contributed by atoms with Gasteiger partial charge < -0.3 is 28.4 Å². The van der Waals surface area contributed by atoms with E-state index >= 15 is 0 Å². The van der Waals surface area contributed by atoms with E-state index in [0.29, 0.717) is 22.6 Å². The topological polar surface area (TPSA) is 107 Å². The van der Waals surface area contributed by atoms with Crippen LogP contribution >= 0.6 is 0 Å². The number of carbonyl (C=O) groups excluding carboxylic acids is 3. The normalized spacial score (nSPS) is 10.0. The summed E-state index contributed by atoms with van der Waals surface area (Å²) in [6, 6.07) is 8.92. The minimum absolute atomic E-state index is 0.00247. The molecule has 0 unspecified atom stereocenters. The second-order valence-corrected chi connectivity index (χ2v) is 6.41. The van der Waals surface area contributed by atoms with E-state index in [0.717, 1.165) is 23.6 Å². The van der Waals surface area contributed by atoms with Crippen LogP contribution in [0.5, 0.6) is 17.2 Å². The molecule has 0 radical (unpaired) electrons. The van der Waals surface area contributed by atoms with E-state index in [1.54, 1.807) is 6.07 Å². The Morgan fingerprint density at radius 3 is 1.56 bits per heavy atom. The van der Waals surface area contributed by atoms with Gasteiger partial charge in [-0.3, -0.25) is 0 Å². The van der Waals surface area contributed by atoms with Crippen molar-refractivity contribution in [1.29, 1.82) is 0 Å². The third-order valence-corrected chi connectivity index (χ3v) is 4.17. The Labute approximate surface area is 197 Å². The van der Waals surface area contributed by atoms with Gasteiger partial charge in [0.05, 0.1) is 0 Å². The summed E-state index contributed by atoms with van der Waals surface area (Å²) in [5, 5.41) is 1.40. The molecule has 0 fully saturated rings. The third kappa shape index (κ3) is 8.01. The zero-order valence-electron chi connectivity index (χ0n) is 18.7. The van der Waals surface area contributed by atoms with Crippen molar-refractivity contribution in [2.75, 3.05) is 39.6 Å². The first-order valence-electron chi connectivity index (χ1n) is 10.3. The molecule has 0 heterocycles. The van der Waals surface area contributed by atoms with Crippen molar-refractivity contribution in [3.8, 4) is 17.2 Å². The lowest BCUT2D eigenvalue weighted by molar-refractivity contribution is -0.139. The fourth-order valence-corrected chi connectivity index (χ4v) is 2.72. The van der Waals surface area contributed by atoms with Crippen LogP contribution in [0.1, 0.15) is 0 Å². The molecule has 0 aliphatic carbocycles. The predicted octanol–water partition coefficient (Wildman–Crippen LogP) is 3.16. The molecular weight excluding hydrogens is 444 g/mol. The molecule has 0 aliphatic rings. The molecule has 2 aromatic carbocycles. The Bertz CT molecular complexity index is 1040. The first kappa shape index (κ1) is 26.0. The Morgan fingerprint density at radius 1 is 0.618 bits per heavy atom. The third-order valence-electron chi connectivity index (χ3n) is 4.17. The summed E-state index contributed by atoms with van der Waals surface area (Å²) in [5.41, 5.74) is 0. The molecular formula is C25H26O9. The van der Waals surface area contributed by atoms with Crippen molar-refractivity contribution >= 4 is 28.7 Å². The maximum absolute atomic E-state index is 11.3. The van der Waals surface area contributed by atoms with Crippen LogP contribution in [0.25, 0.3) is 10.8 Å². The largest absolute Gasteiger partial charge is 0.489 e. The van der Waals surface area contributed by atoms with Gasteiger partial charge in [-0.1, -0.05) is 44.0 Å². The van der Waals surface area contributed by atoms with Crippen LogP contribution in [-0.4, -0.2) is 57.5 Å². The number of benzene rings is 2. The molecule has 0 N–H and O–H groups in total. The van der Waals surface area contributed by atoms with Crippen LogP contribution in [0.3, 0.4) is 0 Å². The number of ether oxygens (including phenoxy) is 6. The van der Waals surface area contributed by atoms with Crippen molar-refractivity contribution in [2.45, 2.75) is 0 Å². The molecule has 0 amide bonds. The average Bonchev–Trinajstić information content (AvgIpc) is 2.87. The summed E-state index contributed by atoms with van der Waals surface area (Å²) in [6.45, 7) is 10.2. The summed E-state index contributed by atoms with van der Waals surface area (Å²) in [6.07, 6.45) is 3.19. The van der Waals surface area contributed by atoms with E-state index in [9.17, 15) is 14.4 Å². The number of hydrogen-bond donors (Lipinski definition) is 0. The molecule has 2 aromatic rings. The highest BCUT2D eigenvalue weighted by Crippen LogP contribution is 2.41. The minimum Gasteiger partial charge on any atom is -0.489 e. The summed E-state index contributed by atoms with van der Waals surface area (Å²) in [5.74, 6) is -0.496. The molecule has 2 rings (SSSR count). The highest BCUT2D eigenvalue weighted by atomic mass is 16.6. The molecule has 9 nitrogen and oxygen atoms in total. The highest BCUT2D eigenvalue weighted by Gasteiger charge is 2.16. The van der Waals surface area contributed by atoms with Gasteiger partial charge in [-0.05, 0) is 0 Å². The Hall–Kier alpha value is -4.27. The van der Waals surface area contributed by atoms with Crippen molar-refractivity contribution < 1.29 is 42.8 Å². The zero-order chi connectivity index (χ0) is 24.8. The second-order valence-electron chi connectivity index (χ2n) is 6.41. The summed E-state index contributed by atoms with van der Waals surface area (Å²) < 4.78 is 32.3. The highest BCUT2D eigenvalue weighted by molar-refractivity contribution is 5.95. The lowest BCUT2D eigenvalue weighted by Crippen LogP contribution is -2.14. The summed E-state index contributed by atoms with van der Waals surface area (Å²) in [7, 11) is 0. The van der Waals surface area contributed by atoms with Gasteiger partial charge in [-0.15, -0.1) is 0 Å². The van der Waals surface area contributed by atoms with Gasteiger partial charge in [0.1, 0.15) is 45.4 Å². The van der Waals surface area contributed by atoms with E-state index in [-0.39, 0.29) is 39.6 Å². The van der Waals surface area contributed by atoms with Crippen molar-refractivity contribution in [1.82, 2.24) is 0 Å². The molecule has 0 bridgehead atoms. The maximum atomic E-state index is 11.3. The van der Waals surface area contributed by atoms with E-state index in [4.69, 9.17) is 28.4 Å². The van der Waals surface area contributed by atoms with Crippen LogP contribution in [0.4, 0.5) is 0 Å². The standard InChI is InChI=1S/C25H26O9/c1-4-22(26)31-13-11-29-20-17-21(30-12-14-32-23(27)5-2)25(19-10-8-7-9-18(19)20)34-16-15-33-24(28)6-3/h4-10,17H,1-3,11-16H2. The molecule has 0 atom stereocenters. The Morgan fingerprint density at radius 2 is 1.06 bits per heavy atom. The van der Waals surface area contributed by atoms with Gasteiger partial charge in [-0.25, -0.2) is 14.4 Å². The number of rotatable bonds is 15. The summed E-state index contributed by atoms with van der Waals surface area (Å²) >= 11 is 0. The number of hydrogen-bond acceptors (Lipinski definition) is 9. The monoisotopic (exact) mass is 470 g/mol. The van der Waals surface area contributed by atoms with Gasteiger partial charge in [0.25, 0.3) is 0 Å². The van der Waals surface area contributed by atoms with Gasteiger partial charge in [0.15, 0.2) is 11.5 Å². The van der Waals surface area contributed by atoms with E-state index in [1.807, 2.05) is 24.3 Å². The molecule has 0 saturated heterocycles. The smallest absolute Gasteiger partial charge is 0.330 e. The Balaban J connectivity index is 2.24. The minimum atomic E-state index is -0.569. The second kappa shape index (κ2) is 14.0. The maximum Gasteiger partial charge on any atom is 0.330 e. The molecule has 180 valence electrons. The van der Waals surface area contributed by atoms with Crippen LogP contribution in [-0.2, 0) is 28.6 Å². The van der Waals surface area contributed by atoms with Crippen LogP contribution in [0.15, 0.2) is 68.3 Å². The van der Waals surface area contributed by atoms with Crippen LogP contribution < -0.4 is 14.2 Å². The van der Waals surface area contributed by atoms with E-state index in [1.165, 1.54) is 0 Å². The molecule has 0 aliphatic heterocycles. The van der Waals surface area contributed by atoms with Crippen LogP contribution in [0, 0.1) is 0 Å². The first-order valence-corrected chi connectivity index (χ1v) is 10.3. The quantitative estimate of drug-likeness (QED) is 0.168. The summed E-state index contributed by atoms with van der Waals surface area (Å²) in [4.78, 5) is 33.8. The first-order chi connectivity index (χ1) is 16.5. The fourth-order valence-electron chi connectivity index (χ4n) is 2.72. The lowest BCUT2D eigenvalue weighted by Gasteiger charge is -2.18. The molecule has 0 spiro atoms. The van der Waals surface area contributed by atoms with Crippen molar-refractivity contribution in [3.63, 3.8) is 0 Å². The SMILES string of the molecule is C=CC(=O)OCCOc1cc(OCCOC(=O)C=C)c2ccccc2c1OCCOC(=O)C=C. The predicted molar refractivity (Wildman–Crippen MR) is 124 cm³/mol. The van der Waals surface area contributed by atoms with Gasteiger partial charge >= 0.3 is 17.9 Å². The number of fused-ring (bicyclic) bond motifs is 1. The van der Waals surface area contributed by atoms with Crippen molar-refractivity contribution in [3.05, 3.63) is 68.3 Å². The lowest BCUT2D eigenvalue weighted by atomic mass is 10.1. The van der Waals surface area contributed by atoms with Gasteiger partial charge in [0, 0.05) is 35.1 Å². The number of carbonyl (C=O) groups is 3. The van der Waals surface area contributed by atoms with Gasteiger partial charge in [-0.2, -0.15) is 0 Å². The molecule has 0 saturated carbocycles. The van der Waals surface area contributed by atoms with E-state index < -0.39 is 17.9 Å². The molecule has 34 heavy (non-hydrogen) atoms. The average molecular weight is 470 g/mol. The molecule has 0 aromatic heterocycles. The van der Waals surface area contributed by atoms with Gasteiger partial charge in [0.2, 0.25) is 0 Å². The van der Waals surface area contributed by atoms with Crippen molar-refractivity contribution in [2.24, 2.45) is 0 Å².